The predicted octanol–water partition coefficient (Wildman–Crippen LogP) is 3.16. The van der Waals surface area contributed by atoms with Crippen molar-refractivity contribution >= 4 is 17.5 Å². The van der Waals surface area contributed by atoms with E-state index in [2.05, 4.69) is 27.2 Å². The van der Waals surface area contributed by atoms with E-state index in [4.69, 9.17) is 16.3 Å². The Morgan fingerprint density at radius 3 is 2.79 bits per heavy atom. The van der Waals surface area contributed by atoms with E-state index < -0.39 is 0 Å². The lowest BCUT2D eigenvalue weighted by molar-refractivity contribution is 0.268. The van der Waals surface area contributed by atoms with Gasteiger partial charge in [-0.3, -0.25) is 0 Å². The van der Waals surface area contributed by atoms with Crippen LogP contribution < -0.4 is 10.1 Å². The van der Waals surface area contributed by atoms with Gasteiger partial charge in [-0.05, 0) is 36.8 Å². The molecule has 0 saturated heterocycles. The smallest absolute Gasteiger partial charge is 0.322 e. The van der Waals surface area contributed by atoms with Gasteiger partial charge in [0.05, 0.1) is 6.61 Å². The molecule has 0 aliphatic heterocycles. The van der Waals surface area contributed by atoms with E-state index in [1.165, 1.54) is 25.7 Å². The summed E-state index contributed by atoms with van der Waals surface area (Å²) in [5.74, 6) is 1.94. The van der Waals surface area contributed by atoms with Crippen molar-refractivity contribution in [1.82, 2.24) is 15.0 Å². The Labute approximate surface area is 119 Å². The number of ether oxygens (including phenoxy) is 1. The maximum absolute atomic E-state index is 5.85. The van der Waals surface area contributed by atoms with Crippen LogP contribution in [-0.4, -0.2) is 28.1 Å². The summed E-state index contributed by atoms with van der Waals surface area (Å²) in [6, 6.07) is 0.279. The van der Waals surface area contributed by atoms with Crippen molar-refractivity contribution in [3.05, 3.63) is 5.28 Å². The third-order valence-corrected chi connectivity index (χ3v) is 3.84. The van der Waals surface area contributed by atoms with E-state index in [-0.39, 0.29) is 11.3 Å². The molecule has 1 aliphatic rings. The minimum absolute atomic E-state index is 0.164. The van der Waals surface area contributed by atoms with Crippen LogP contribution in [0.2, 0.25) is 5.28 Å². The Bertz CT molecular complexity index is 416. The maximum atomic E-state index is 5.85. The number of anilines is 1. The van der Waals surface area contributed by atoms with E-state index in [9.17, 15) is 0 Å². The fourth-order valence-corrected chi connectivity index (χ4v) is 2.68. The van der Waals surface area contributed by atoms with Gasteiger partial charge in [-0.1, -0.05) is 26.2 Å². The average molecular weight is 285 g/mol. The largest absolute Gasteiger partial charge is 0.464 e. The first-order chi connectivity index (χ1) is 9.19. The molecular weight excluding hydrogens is 264 g/mol. The van der Waals surface area contributed by atoms with Crippen LogP contribution in [0.25, 0.3) is 0 Å². The summed E-state index contributed by atoms with van der Waals surface area (Å²) in [6.07, 6.45) is 5.25. The van der Waals surface area contributed by atoms with Crippen molar-refractivity contribution in [3.8, 4) is 6.01 Å². The summed E-state index contributed by atoms with van der Waals surface area (Å²) in [6.45, 7) is 5.60. The van der Waals surface area contributed by atoms with Crippen molar-refractivity contribution in [2.24, 2.45) is 11.8 Å². The van der Waals surface area contributed by atoms with Gasteiger partial charge in [0.15, 0.2) is 0 Å². The van der Waals surface area contributed by atoms with Gasteiger partial charge < -0.3 is 10.1 Å². The van der Waals surface area contributed by atoms with E-state index in [1.807, 2.05) is 6.92 Å². The SMILES string of the molecule is CCOc1nc(Cl)nc(NCC2CCCCC2C)n1. The zero-order valence-corrected chi connectivity index (χ0v) is 12.3. The molecule has 1 aliphatic carbocycles. The molecule has 2 atom stereocenters. The monoisotopic (exact) mass is 284 g/mol. The van der Waals surface area contributed by atoms with Gasteiger partial charge in [0.2, 0.25) is 11.2 Å². The molecule has 0 bridgehead atoms. The minimum atomic E-state index is 0.164. The highest BCUT2D eigenvalue weighted by Crippen LogP contribution is 2.29. The maximum Gasteiger partial charge on any atom is 0.322 e. The standard InChI is InChI=1S/C13H21ClN4O/c1-3-19-13-17-11(14)16-12(18-13)15-8-10-7-5-4-6-9(10)2/h9-10H,3-8H2,1-2H3,(H,15,16,17,18). The van der Waals surface area contributed by atoms with Crippen molar-refractivity contribution in [3.63, 3.8) is 0 Å². The van der Waals surface area contributed by atoms with E-state index in [0.717, 1.165) is 12.5 Å². The Hall–Kier alpha value is -1.10. The van der Waals surface area contributed by atoms with Crippen LogP contribution in [0.3, 0.4) is 0 Å². The summed E-state index contributed by atoms with van der Waals surface area (Å²) in [5, 5.41) is 3.42. The second kappa shape index (κ2) is 6.89. The Morgan fingerprint density at radius 2 is 2.05 bits per heavy atom. The summed E-state index contributed by atoms with van der Waals surface area (Å²) in [4.78, 5) is 12.2. The molecule has 5 nitrogen and oxygen atoms in total. The lowest BCUT2D eigenvalue weighted by Crippen LogP contribution is -2.25. The zero-order valence-electron chi connectivity index (χ0n) is 11.5. The molecule has 1 aromatic heterocycles. The van der Waals surface area contributed by atoms with Crippen LogP contribution in [0.5, 0.6) is 6.01 Å². The summed E-state index contributed by atoms with van der Waals surface area (Å²) < 4.78 is 5.25. The first-order valence-corrected chi connectivity index (χ1v) is 7.35. The highest BCUT2D eigenvalue weighted by atomic mass is 35.5. The number of rotatable bonds is 5. The van der Waals surface area contributed by atoms with Gasteiger partial charge in [0, 0.05) is 6.54 Å². The number of nitrogens with zero attached hydrogens (tertiary/aromatic N) is 3. The van der Waals surface area contributed by atoms with Gasteiger partial charge >= 0.3 is 6.01 Å². The van der Waals surface area contributed by atoms with Crippen molar-refractivity contribution in [2.45, 2.75) is 39.5 Å². The summed E-state index contributed by atoms with van der Waals surface area (Å²) in [7, 11) is 0. The van der Waals surface area contributed by atoms with E-state index in [0.29, 0.717) is 18.5 Å². The molecule has 19 heavy (non-hydrogen) atoms. The van der Waals surface area contributed by atoms with Gasteiger partial charge in [-0.15, -0.1) is 0 Å². The molecule has 0 amide bonds. The quantitative estimate of drug-likeness (QED) is 0.900. The average Bonchev–Trinajstić information content (AvgIpc) is 2.37. The Kier molecular flexibility index (Phi) is 5.19. The van der Waals surface area contributed by atoms with Gasteiger partial charge in [-0.2, -0.15) is 15.0 Å². The lowest BCUT2D eigenvalue weighted by atomic mass is 9.80. The van der Waals surface area contributed by atoms with Crippen LogP contribution in [0.1, 0.15) is 39.5 Å². The fourth-order valence-electron chi connectivity index (χ4n) is 2.52. The number of halogens is 1. The topological polar surface area (TPSA) is 59.9 Å². The van der Waals surface area contributed by atoms with Gasteiger partial charge in [0.1, 0.15) is 0 Å². The highest BCUT2D eigenvalue weighted by molar-refractivity contribution is 6.28. The minimum Gasteiger partial charge on any atom is -0.464 e. The molecule has 2 rings (SSSR count). The number of hydrogen-bond donors (Lipinski definition) is 1. The summed E-state index contributed by atoms with van der Waals surface area (Å²) >= 11 is 5.85. The van der Waals surface area contributed by atoms with E-state index in [1.54, 1.807) is 0 Å². The molecule has 2 unspecified atom stereocenters. The van der Waals surface area contributed by atoms with Crippen molar-refractivity contribution in [1.29, 1.82) is 0 Å². The normalized spacial score (nSPS) is 23.1. The number of hydrogen-bond acceptors (Lipinski definition) is 5. The highest BCUT2D eigenvalue weighted by Gasteiger charge is 2.21. The number of aromatic nitrogens is 3. The molecule has 0 spiro atoms. The molecule has 0 aromatic carbocycles. The molecule has 1 saturated carbocycles. The Morgan fingerprint density at radius 1 is 1.26 bits per heavy atom. The number of nitrogens with one attached hydrogen (secondary N) is 1. The Balaban J connectivity index is 1.94. The molecule has 1 N–H and O–H groups in total. The van der Waals surface area contributed by atoms with E-state index >= 15 is 0 Å². The summed E-state index contributed by atoms with van der Waals surface area (Å²) in [5.41, 5.74) is 0. The van der Waals surface area contributed by atoms with Gasteiger partial charge in [-0.25, -0.2) is 0 Å². The molecule has 6 heteroatoms. The molecule has 1 fully saturated rings. The second-order valence-corrected chi connectivity index (χ2v) is 5.38. The lowest BCUT2D eigenvalue weighted by Gasteiger charge is -2.28. The van der Waals surface area contributed by atoms with Crippen molar-refractivity contribution in [2.75, 3.05) is 18.5 Å². The molecule has 1 heterocycles. The van der Waals surface area contributed by atoms with Crippen LogP contribution in [-0.2, 0) is 0 Å². The third-order valence-electron chi connectivity index (χ3n) is 3.67. The molecular formula is C13H21ClN4O. The molecule has 1 aromatic rings. The van der Waals surface area contributed by atoms with Crippen LogP contribution >= 0.6 is 11.6 Å². The fraction of sp³-hybridized carbons (Fsp3) is 0.769. The first kappa shape index (κ1) is 14.3. The third kappa shape index (κ3) is 4.20. The van der Waals surface area contributed by atoms with Crippen LogP contribution in [0.4, 0.5) is 5.95 Å². The van der Waals surface area contributed by atoms with Crippen molar-refractivity contribution < 1.29 is 4.74 Å². The first-order valence-electron chi connectivity index (χ1n) is 6.97. The molecule has 0 radical (unpaired) electrons. The molecule has 106 valence electrons. The zero-order chi connectivity index (χ0) is 13.7. The van der Waals surface area contributed by atoms with Crippen LogP contribution in [0.15, 0.2) is 0 Å². The van der Waals surface area contributed by atoms with Crippen LogP contribution in [0, 0.1) is 11.8 Å². The predicted molar refractivity (Wildman–Crippen MR) is 75.6 cm³/mol. The second-order valence-electron chi connectivity index (χ2n) is 5.05. The van der Waals surface area contributed by atoms with Gasteiger partial charge in [0.25, 0.3) is 0 Å².